The third-order valence-electron chi connectivity index (χ3n) is 4.49. The molecule has 116 valence electrons. The maximum Gasteiger partial charge on any atom is 0.229 e. The molecule has 0 bridgehead atoms. The number of aromatic nitrogens is 1. The molecule has 0 saturated heterocycles. The molecule has 0 saturated carbocycles. The van der Waals surface area contributed by atoms with Crippen LogP contribution in [-0.2, 0) is 17.6 Å². The van der Waals surface area contributed by atoms with E-state index in [1.54, 1.807) is 0 Å². The van der Waals surface area contributed by atoms with E-state index in [0.717, 1.165) is 24.1 Å². The number of carbonyl (C=O) groups excluding carboxylic acids is 1. The van der Waals surface area contributed by atoms with Gasteiger partial charge in [0.25, 0.3) is 0 Å². The zero-order valence-electron chi connectivity index (χ0n) is 12.8. The van der Waals surface area contributed by atoms with Gasteiger partial charge in [-0.25, -0.2) is 0 Å². The number of hydrogen-bond donors (Lipinski definition) is 0. The molecule has 1 heterocycles. The average molecular weight is 319 g/mol. The first kappa shape index (κ1) is 15.1. The minimum absolute atomic E-state index is 0.123. The minimum atomic E-state index is 0.123. The highest BCUT2D eigenvalue weighted by molar-refractivity contribution is 6.29. The van der Waals surface area contributed by atoms with Crippen molar-refractivity contribution in [2.24, 2.45) is 0 Å². The first-order valence-electron chi connectivity index (χ1n) is 7.52. The van der Waals surface area contributed by atoms with Crippen LogP contribution in [-0.4, -0.2) is 23.0 Å². The van der Waals surface area contributed by atoms with E-state index in [1.165, 1.54) is 11.1 Å². The van der Waals surface area contributed by atoms with E-state index in [0.29, 0.717) is 18.1 Å². The largest absolute Gasteiger partial charge is 0.344 e. The highest BCUT2D eigenvalue weighted by atomic mass is 35.5. The molecule has 0 spiro atoms. The Balaban J connectivity index is 1.66. The molecule has 1 unspecified atom stereocenters. The minimum Gasteiger partial charge on any atom is -0.344 e. The predicted octanol–water partition coefficient (Wildman–Crippen LogP) is 3.71. The molecule has 5 heteroatoms. The predicted molar refractivity (Wildman–Crippen MR) is 84.8 cm³/mol. The van der Waals surface area contributed by atoms with Gasteiger partial charge in [0.05, 0.1) is 11.7 Å². The average Bonchev–Trinajstić information content (AvgIpc) is 3.08. The summed E-state index contributed by atoms with van der Waals surface area (Å²) >= 11 is 5.95. The van der Waals surface area contributed by atoms with Crippen LogP contribution in [0.5, 0.6) is 0 Å². The lowest BCUT2D eigenvalue weighted by Gasteiger charge is -2.25. The van der Waals surface area contributed by atoms with Gasteiger partial charge in [0.2, 0.25) is 11.1 Å². The molecule has 0 fully saturated rings. The van der Waals surface area contributed by atoms with Crippen LogP contribution in [0.4, 0.5) is 0 Å². The van der Waals surface area contributed by atoms with Crippen molar-refractivity contribution in [3.05, 3.63) is 51.9 Å². The second-order valence-electron chi connectivity index (χ2n) is 5.78. The fraction of sp³-hybridized carbons (Fsp3) is 0.412. The quantitative estimate of drug-likeness (QED) is 0.863. The molecule has 1 aliphatic carbocycles. The summed E-state index contributed by atoms with van der Waals surface area (Å²) in [7, 11) is 1.89. The van der Waals surface area contributed by atoms with Crippen LogP contribution in [0, 0.1) is 6.92 Å². The van der Waals surface area contributed by atoms with E-state index < -0.39 is 0 Å². The van der Waals surface area contributed by atoms with Gasteiger partial charge in [0, 0.05) is 19.0 Å². The summed E-state index contributed by atoms with van der Waals surface area (Å²) in [5, 5.41) is 4.11. The van der Waals surface area contributed by atoms with Crippen LogP contribution in [0.1, 0.15) is 41.3 Å². The number of nitrogens with zero attached hydrogens (tertiary/aromatic N) is 2. The zero-order chi connectivity index (χ0) is 15.7. The van der Waals surface area contributed by atoms with Crippen molar-refractivity contribution >= 4 is 17.5 Å². The van der Waals surface area contributed by atoms with Crippen molar-refractivity contribution in [3.8, 4) is 0 Å². The van der Waals surface area contributed by atoms with Crippen molar-refractivity contribution in [3.63, 3.8) is 0 Å². The second kappa shape index (κ2) is 6.13. The van der Waals surface area contributed by atoms with Crippen LogP contribution in [0.3, 0.4) is 0 Å². The molecule has 1 atom stereocenters. The second-order valence-corrected chi connectivity index (χ2v) is 6.12. The lowest BCUT2D eigenvalue weighted by molar-refractivity contribution is -0.132. The first-order valence-corrected chi connectivity index (χ1v) is 7.90. The molecule has 4 nitrogen and oxygen atoms in total. The van der Waals surface area contributed by atoms with Gasteiger partial charge >= 0.3 is 0 Å². The SMILES string of the molecule is Cc1noc(Cl)c1CCC(=O)N(C)C1CCc2ccccc21. The molecular weight excluding hydrogens is 300 g/mol. The Labute approximate surface area is 135 Å². The van der Waals surface area contributed by atoms with Crippen molar-refractivity contribution in [1.82, 2.24) is 10.1 Å². The summed E-state index contributed by atoms with van der Waals surface area (Å²) in [4.78, 5) is 14.4. The molecule has 1 aliphatic rings. The van der Waals surface area contributed by atoms with Gasteiger partial charge < -0.3 is 9.42 Å². The molecule has 1 amide bonds. The normalized spacial score (nSPS) is 16.6. The smallest absolute Gasteiger partial charge is 0.229 e. The highest BCUT2D eigenvalue weighted by Gasteiger charge is 2.28. The maximum absolute atomic E-state index is 12.5. The zero-order valence-corrected chi connectivity index (χ0v) is 13.6. The number of fused-ring (bicyclic) bond motifs is 1. The topological polar surface area (TPSA) is 46.3 Å². The van der Waals surface area contributed by atoms with Crippen LogP contribution < -0.4 is 0 Å². The van der Waals surface area contributed by atoms with E-state index >= 15 is 0 Å². The Bertz CT molecular complexity index is 676. The number of aryl methyl sites for hydroxylation is 2. The molecule has 2 aromatic rings. The number of hydrogen-bond acceptors (Lipinski definition) is 3. The Morgan fingerprint density at radius 2 is 2.23 bits per heavy atom. The molecular formula is C17H19ClN2O2. The molecule has 3 rings (SSSR count). The van der Waals surface area contributed by atoms with Crippen LogP contribution >= 0.6 is 11.6 Å². The maximum atomic E-state index is 12.5. The van der Waals surface area contributed by atoms with E-state index in [2.05, 4.69) is 23.4 Å². The van der Waals surface area contributed by atoms with Gasteiger partial charge in [-0.2, -0.15) is 0 Å². The van der Waals surface area contributed by atoms with Crippen molar-refractivity contribution < 1.29 is 9.32 Å². The van der Waals surface area contributed by atoms with Gasteiger partial charge in [-0.15, -0.1) is 0 Å². The summed E-state index contributed by atoms with van der Waals surface area (Å²) in [5.74, 6) is 0.123. The number of benzene rings is 1. The van der Waals surface area contributed by atoms with Crippen molar-refractivity contribution in [2.75, 3.05) is 7.05 Å². The van der Waals surface area contributed by atoms with E-state index in [1.807, 2.05) is 24.9 Å². The van der Waals surface area contributed by atoms with Gasteiger partial charge in [0.15, 0.2) is 0 Å². The number of carbonyl (C=O) groups is 1. The van der Waals surface area contributed by atoms with Gasteiger partial charge in [-0.3, -0.25) is 4.79 Å². The van der Waals surface area contributed by atoms with Gasteiger partial charge in [0.1, 0.15) is 0 Å². The summed E-state index contributed by atoms with van der Waals surface area (Å²) in [6.07, 6.45) is 3.01. The number of rotatable bonds is 4. The fourth-order valence-electron chi connectivity index (χ4n) is 3.16. The lowest BCUT2D eigenvalue weighted by Crippen LogP contribution is -2.30. The Hall–Kier alpha value is -1.81. The van der Waals surface area contributed by atoms with Crippen molar-refractivity contribution in [1.29, 1.82) is 0 Å². The Kier molecular flexibility index (Phi) is 4.21. The summed E-state index contributed by atoms with van der Waals surface area (Å²) in [6.45, 7) is 1.84. The molecule has 0 aliphatic heterocycles. The first-order chi connectivity index (χ1) is 10.6. The molecule has 1 aromatic carbocycles. The van der Waals surface area contributed by atoms with E-state index in [4.69, 9.17) is 16.1 Å². The molecule has 22 heavy (non-hydrogen) atoms. The fourth-order valence-corrected chi connectivity index (χ4v) is 3.42. The Morgan fingerprint density at radius 1 is 1.45 bits per heavy atom. The molecule has 1 aromatic heterocycles. The van der Waals surface area contributed by atoms with Crippen LogP contribution in [0.15, 0.2) is 28.8 Å². The number of amides is 1. The van der Waals surface area contributed by atoms with Gasteiger partial charge in [-0.1, -0.05) is 29.4 Å². The van der Waals surface area contributed by atoms with E-state index in [-0.39, 0.29) is 11.9 Å². The van der Waals surface area contributed by atoms with E-state index in [9.17, 15) is 4.79 Å². The monoisotopic (exact) mass is 318 g/mol. The molecule has 0 N–H and O–H groups in total. The standard InChI is InChI=1S/C17H19ClN2O2/c1-11-13(17(18)22-19-11)8-10-16(21)20(2)15-9-7-12-5-3-4-6-14(12)15/h3-6,15H,7-10H2,1-2H3. The number of halogens is 1. The summed E-state index contributed by atoms with van der Waals surface area (Å²) in [5.41, 5.74) is 4.21. The summed E-state index contributed by atoms with van der Waals surface area (Å²) < 4.78 is 4.92. The molecule has 0 radical (unpaired) electrons. The lowest BCUT2D eigenvalue weighted by atomic mass is 10.1. The van der Waals surface area contributed by atoms with Crippen LogP contribution in [0.2, 0.25) is 5.22 Å². The van der Waals surface area contributed by atoms with Gasteiger partial charge in [-0.05, 0) is 48.9 Å². The third-order valence-corrected chi connectivity index (χ3v) is 4.78. The summed E-state index contributed by atoms with van der Waals surface area (Å²) in [6, 6.07) is 8.55. The Morgan fingerprint density at radius 3 is 2.95 bits per heavy atom. The van der Waals surface area contributed by atoms with Crippen molar-refractivity contribution in [2.45, 2.75) is 38.6 Å². The third kappa shape index (κ3) is 2.75. The van der Waals surface area contributed by atoms with Crippen LogP contribution in [0.25, 0.3) is 0 Å². The highest BCUT2D eigenvalue weighted by Crippen LogP contribution is 2.35.